The molecule has 0 saturated heterocycles. The molecule has 1 aliphatic carbocycles. The molecular formula is C38H35IO5. The van der Waals surface area contributed by atoms with Gasteiger partial charge in [-0.05, 0) is 111 Å². The summed E-state index contributed by atoms with van der Waals surface area (Å²) in [5.41, 5.74) is 9.73. The maximum Gasteiger partial charge on any atom is 0.122 e. The minimum Gasteiger partial charge on any atom is -0.507 e. The average molecular weight is 699 g/mol. The van der Waals surface area contributed by atoms with Crippen molar-refractivity contribution >= 4 is 22.6 Å². The van der Waals surface area contributed by atoms with E-state index in [1.54, 1.807) is 0 Å². The Morgan fingerprint density at radius 3 is 0.909 bits per heavy atom. The topological polar surface area (TPSA) is 101 Å². The predicted octanol–water partition coefficient (Wildman–Crippen LogP) is 8.01. The molecule has 0 radical (unpaired) electrons. The number of hydrogen-bond donors (Lipinski definition) is 5. The highest BCUT2D eigenvalue weighted by Crippen LogP contribution is 2.39. The third-order valence-corrected chi connectivity index (χ3v) is 9.20. The van der Waals surface area contributed by atoms with Crippen LogP contribution in [0.1, 0.15) is 72.3 Å². The fraction of sp³-hybridized carbons (Fsp3) is 0.211. The molecule has 10 bridgehead atoms. The number of aromatic hydroxyl groups is 5. The van der Waals surface area contributed by atoms with Crippen LogP contribution in [0.5, 0.6) is 28.7 Å². The smallest absolute Gasteiger partial charge is 0.122 e. The van der Waals surface area contributed by atoms with Crippen LogP contribution in [-0.2, 0) is 32.1 Å². The first-order chi connectivity index (χ1) is 21.0. The standard InChI is InChI=1S/C38H35IO5/c1-20-7-25-13-23-5-4-6-24(34(23)40)14-31-18-33(39)19-32(38(31)44)17-30-12-22(3)11-29(37(30)43)16-28-10-21(2)9-27(36(28)42)15-26(8-20)35(25)41/h4-12,18-19,40-44H,13-17H2,1-3H3. The summed E-state index contributed by atoms with van der Waals surface area (Å²) in [5.74, 6) is 0.678. The Labute approximate surface area is 271 Å². The number of phenolic OH excluding ortho intramolecular Hbond substituents is 5. The molecule has 6 heteroatoms. The molecule has 5 N–H and O–H groups in total. The van der Waals surface area contributed by atoms with E-state index < -0.39 is 0 Å². The van der Waals surface area contributed by atoms with Gasteiger partial charge in [-0.1, -0.05) is 71.3 Å². The molecule has 0 amide bonds. The van der Waals surface area contributed by atoms with Crippen LogP contribution in [0.4, 0.5) is 0 Å². The second kappa shape index (κ2) is 11.7. The first kappa shape index (κ1) is 29.9. The number of phenols is 5. The monoisotopic (exact) mass is 698 g/mol. The first-order valence-electron chi connectivity index (χ1n) is 14.7. The van der Waals surface area contributed by atoms with Gasteiger partial charge in [0.2, 0.25) is 0 Å². The lowest BCUT2D eigenvalue weighted by atomic mass is 9.90. The summed E-state index contributed by atoms with van der Waals surface area (Å²) in [6, 6.07) is 21.0. The van der Waals surface area contributed by atoms with Crippen molar-refractivity contribution in [1.82, 2.24) is 0 Å². The van der Waals surface area contributed by atoms with Crippen molar-refractivity contribution in [3.05, 3.63) is 143 Å². The molecule has 5 aromatic rings. The van der Waals surface area contributed by atoms with E-state index >= 15 is 0 Å². The van der Waals surface area contributed by atoms with E-state index in [2.05, 4.69) is 22.6 Å². The average Bonchev–Trinajstić information content (AvgIpc) is 2.95. The predicted molar refractivity (Wildman–Crippen MR) is 181 cm³/mol. The van der Waals surface area contributed by atoms with E-state index in [1.807, 2.05) is 87.5 Å². The van der Waals surface area contributed by atoms with Crippen LogP contribution in [0.15, 0.2) is 66.7 Å². The van der Waals surface area contributed by atoms with E-state index in [0.717, 1.165) is 20.3 Å². The van der Waals surface area contributed by atoms with Crippen LogP contribution in [0.25, 0.3) is 0 Å². The van der Waals surface area contributed by atoms with Crippen molar-refractivity contribution < 1.29 is 25.5 Å². The summed E-state index contributed by atoms with van der Waals surface area (Å²) in [5, 5.41) is 57.2. The summed E-state index contributed by atoms with van der Waals surface area (Å²) in [6.45, 7) is 5.92. The van der Waals surface area contributed by atoms with Gasteiger partial charge in [0.05, 0.1) is 0 Å². The number of aryl methyl sites for hydroxylation is 3. The Balaban J connectivity index is 1.58. The van der Waals surface area contributed by atoms with Crippen molar-refractivity contribution in [2.75, 3.05) is 0 Å². The maximum absolute atomic E-state index is 11.5. The number of hydrogen-bond acceptors (Lipinski definition) is 5. The van der Waals surface area contributed by atoms with Crippen molar-refractivity contribution in [2.45, 2.75) is 52.9 Å². The zero-order valence-electron chi connectivity index (χ0n) is 25.0. The Morgan fingerprint density at radius 1 is 0.386 bits per heavy atom. The molecular weight excluding hydrogens is 663 g/mol. The van der Waals surface area contributed by atoms with Crippen LogP contribution < -0.4 is 0 Å². The molecule has 1 aliphatic rings. The summed E-state index contributed by atoms with van der Waals surface area (Å²) in [7, 11) is 0. The molecule has 0 fully saturated rings. The molecule has 0 unspecified atom stereocenters. The van der Waals surface area contributed by atoms with Gasteiger partial charge in [-0.2, -0.15) is 0 Å². The molecule has 6 rings (SSSR count). The molecule has 224 valence electrons. The number of para-hydroxylation sites is 1. The Kier molecular flexibility index (Phi) is 7.97. The summed E-state index contributed by atoms with van der Waals surface area (Å²) in [6.07, 6.45) is 1.61. The Bertz CT molecular complexity index is 1810. The zero-order valence-corrected chi connectivity index (χ0v) is 27.2. The number of halogens is 1. The fourth-order valence-electron chi connectivity index (χ4n) is 6.55. The van der Waals surface area contributed by atoms with E-state index in [0.29, 0.717) is 87.7 Å². The van der Waals surface area contributed by atoms with E-state index in [1.165, 1.54) is 0 Å². The van der Waals surface area contributed by atoms with Gasteiger partial charge in [0.25, 0.3) is 0 Å². The number of benzene rings is 5. The van der Waals surface area contributed by atoms with Gasteiger partial charge in [-0.25, -0.2) is 0 Å². The Hall–Kier alpha value is -4.17. The highest BCUT2D eigenvalue weighted by molar-refractivity contribution is 14.1. The summed E-state index contributed by atoms with van der Waals surface area (Å²) in [4.78, 5) is 0. The number of rotatable bonds is 0. The van der Waals surface area contributed by atoms with Crippen molar-refractivity contribution in [3.63, 3.8) is 0 Å². The van der Waals surface area contributed by atoms with Crippen LogP contribution in [0.3, 0.4) is 0 Å². The van der Waals surface area contributed by atoms with E-state index in [4.69, 9.17) is 0 Å². The minimum absolute atomic E-state index is 0.131. The first-order valence-corrected chi connectivity index (χ1v) is 15.8. The lowest BCUT2D eigenvalue weighted by Gasteiger charge is -2.18. The third-order valence-electron chi connectivity index (χ3n) is 8.58. The second-order valence-electron chi connectivity index (χ2n) is 12.2. The normalized spacial score (nSPS) is 13.0. The molecule has 0 aromatic heterocycles. The van der Waals surface area contributed by atoms with Crippen LogP contribution in [0.2, 0.25) is 0 Å². The second-order valence-corrected chi connectivity index (χ2v) is 13.4. The largest absolute Gasteiger partial charge is 0.507 e. The molecule has 5 nitrogen and oxygen atoms in total. The van der Waals surface area contributed by atoms with Gasteiger partial charge < -0.3 is 25.5 Å². The minimum atomic E-state index is 0.131. The fourth-order valence-corrected chi connectivity index (χ4v) is 7.31. The summed E-state index contributed by atoms with van der Waals surface area (Å²) >= 11 is 2.23. The highest BCUT2D eigenvalue weighted by Gasteiger charge is 2.20. The molecule has 0 aliphatic heterocycles. The third kappa shape index (κ3) is 5.83. The Morgan fingerprint density at radius 2 is 0.614 bits per heavy atom. The highest BCUT2D eigenvalue weighted by atomic mass is 127. The quantitative estimate of drug-likeness (QED) is 0.104. The van der Waals surface area contributed by atoms with Crippen molar-refractivity contribution in [2.24, 2.45) is 0 Å². The zero-order chi connectivity index (χ0) is 31.3. The molecule has 0 spiro atoms. The van der Waals surface area contributed by atoms with Crippen LogP contribution in [0, 0.1) is 24.3 Å². The van der Waals surface area contributed by atoms with Crippen molar-refractivity contribution in [1.29, 1.82) is 0 Å². The lowest BCUT2D eigenvalue weighted by Crippen LogP contribution is -2.02. The van der Waals surface area contributed by atoms with Gasteiger partial charge in [0, 0.05) is 35.7 Å². The molecule has 0 atom stereocenters. The maximum atomic E-state index is 11.5. The van der Waals surface area contributed by atoms with E-state index in [-0.39, 0.29) is 28.7 Å². The van der Waals surface area contributed by atoms with Gasteiger partial charge in [0.1, 0.15) is 28.7 Å². The molecule has 0 heterocycles. The van der Waals surface area contributed by atoms with E-state index in [9.17, 15) is 25.5 Å². The molecule has 44 heavy (non-hydrogen) atoms. The molecule has 0 saturated carbocycles. The lowest BCUT2D eigenvalue weighted by molar-refractivity contribution is 0.450. The molecule has 5 aromatic carbocycles. The SMILES string of the molecule is Cc1cc2c(O)c(c1)Cc1cc(C)cc(c1O)Cc1cc(C)cc(c1O)Cc1cc(I)cc(c1O)Cc1cccc(c1O)C2. The van der Waals surface area contributed by atoms with Gasteiger partial charge in [-0.3, -0.25) is 0 Å². The van der Waals surface area contributed by atoms with Gasteiger partial charge >= 0.3 is 0 Å². The van der Waals surface area contributed by atoms with Gasteiger partial charge in [-0.15, -0.1) is 0 Å². The van der Waals surface area contributed by atoms with Gasteiger partial charge in [0.15, 0.2) is 0 Å². The van der Waals surface area contributed by atoms with Crippen molar-refractivity contribution in [3.8, 4) is 28.7 Å². The summed E-state index contributed by atoms with van der Waals surface area (Å²) < 4.78 is 0.935. The number of fused-ring (bicyclic) bond motifs is 10. The van der Waals surface area contributed by atoms with Crippen LogP contribution >= 0.6 is 22.6 Å². The van der Waals surface area contributed by atoms with Crippen LogP contribution in [-0.4, -0.2) is 25.5 Å².